The Bertz CT molecular complexity index is 604. The molecular weight excluding hydrogens is 384 g/mol. The van der Waals surface area contributed by atoms with Gasteiger partial charge in [0.05, 0.1) is 0 Å². The molecule has 0 amide bonds. The van der Waals surface area contributed by atoms with Crippen molar-refractivity contribution in [1.29, 1.82) is 0 Å². The fraction of sp³-hybridized carbons (Fsp3) is 0.688. The van der Waals surface area contributed by atoms with E-state index in [-0.39, 0.29) is 11.7 Å². The highest BCUT2D eigenvalue weighted by molar-refractivity contribution is 8.14. The molecule has 1 aliphatic heterocycles. The van der Waals surface area contributed by atoms with Gasteiger partial charge in [-0.2, -0.15) is 0 Å². The summed E-state index contributed by atoms with van der Waals surface area (Å²) in [6.07, 6.45) is -4.76. The maximum atomic E-state index is 11.6. The Kier molecular flexibility index (Phi) is 8.70. The van der Waals surface area contributed by atoms with E-state index in [0.29, 0.717) is 11.8 Å². The van der Waals surface area contributed by atoms with Gasteiger partial charge in [-0.25, -0.2) is 0 Å². The van der Waals surface area contributed by atoms with E-state index in [1.165, 1.54) is 13.8 Å². The molecule has 0 bridgehead atoms. The standard InChI is InChI=1S/C16H22O10S/c1-7(17)22-6-12-13(23-8(2)18)14(24-9(3)19)15(25-10(4)20)16(26-12)27-11(5)21/h12-16H,6H2,1-5H3/t12-,13+,14+,15-,16-/m1/s1. The molecule has 0 aromatic rings. The zero-order valence-corrected chi connectivity index (χ0v) is 16.4. The van der Waals surface area contributed by atoms with Crippen LogP contribution in [0.2, 0.25) is 0 Å². The largest absolute Gasteiger partial charge is 0.463 e. The molecule has 0 aromatic carbocycles. The first kappa shape index (κ1) is 22.9. The van der Waals surface area contributed by atoms with Gasteiger partial charge in [0.25, 0.3) is 0 Å². The van der Waals surface area contributed by atoms with E-state index in [0.717, 1.165) is 20.8 Å². The number of hydrogen-bond donors (Lipinski definition) is 0. The predicted octanol–water partition coefficient (Wildman–Crippen LogP) is 0.349. The lowest BCUT2D eigenvalue weighted by molar-refractivity contribution is -0.237. The fourth-order valence-corrected chi connectivity index (χ4v) is 3.32. The molecule has 27 heavy (non-hydrogen) atoms. The predicted molar refractivity (Wildman–Crippen MR) is 90.2 cm³/mol. The smallest absolute Gasteiger partial charge is 0.303 e. The molecule has 152 valence electrons. The average molecular weight is 406 g/mol. The van der Waals surface area contributed by atoms with Crippen molar-refractivity contribution >= 4 is 40.8 Å². The summed E-state index contributed by atoms with van der Waals surface area (Å²) >= 11 is 0.705. The van der Waals surface area contributed by atoms with Crippen molar-refractivity contribution in [1.82, 2.24) is 0 Å². The molecule has 0 radical (unpaired) electrons. The van der Waals surface area contributed by atoms with Crippen LogP contribution in [0.4, 0.5) is 0 Å². The number of carbonyl (C=O) groups is 5. The first-order valence-corrected chi connectivity index (χ1v) is 8.87. The SMILES string of the molecule is CC(=O)OC[C@H]1O[C@H](SC(C)=O)[C@H](OC(C)=O)[C@@H](OC(C)=O)[C@H]1OC(C)=O. The third kappa shape index (κ3) is 7.55. The molecule has 0 N–H and O–H groups in total. The molecule has 10 nitrogen and oxygen atoms in total. The van der Waals surface area contributed by atoms with Crippen LogP contribution in [0.25, 0.3) is 0 Å². The molecule has 1 aliphatic rings. The van der Waals surface area contributed by atoms with Crippen LogP contribution in [0.5, 0.6) is 0 Å². The maximum Gasteiger partial charge on any atom is 0.303 e. The lowest BCUT2D eigenvalue weighted by atomic mass is 9.99. The third-order valence-corrected chi connectivity index (χ3v) is 4.17. The maximum absolute atomic E-state index is 11.6. The second kappa shape index (κ2) is 10.3. The molecule has 1 heterocycles. The van der Waals surface area contributed by atoms with Crippen LogP contribution < -0.4 is 0 Å². The van der Waals surface area contributed by atoms with Gasteiger partial charge in [-0.1, -0.05) is 11.8 Å². The van der Waals surface area contributed by atoms with E-state index >= 15 is 0 Å². The molecule has 0 aromatic heterocycles. The molecule has 1 saturated heterocycles. The molecule has 0 spiro atoms. The molecule has 1 rings (SSSR count). The summed E-state index contributed by atoms with van der Waals surface area (Å²) in [4.78, 5) is 57.3. The summed E-state index contributed by atoms with van der Waals surface area (Å²) in [6, 6.07) is 0. The van der Waals surface area contributed by atoms with E-state index in [9.17, 15) is 24.0 Å². The quantitative estimate of drug-likeness (QED) is 0.447. The summed E-state index contributed by atoms with van der Waals surface area (Å²) in [7, 11) is 0. The first-order valence-electron chi connectivity index (χ1n) is 7.99. The summed E-state index contributed by atoms with van der Waals surface area (Å²) in [5.74, 6) is -2.76. The number of hydrogen-bond acceptors (Lipinski definition) is 11. The van der Waals surface area contributed by atoms with Crippen molar-refractivity contribution in [3.05, 3.63) is 0 Å². The average Bonchev–Trinajstić information content (AvgIpc) is 2.49. The van der Waals surface area contributed by atoms with Crippen LogP contribution in [-0.4, -0.2) is 65.5 Å². The van der Waals surface area contributed by atoms with Gasteiger partial charge >= 0.3 is 23.9 Å². The van der Waals surface area contributed by atoms with Crippen LogP contribution in [0.15, 0.2) is 0 Å². The van der Waals surface area contributed by atoms with E-state index < -0.39 is 53.7 Å². The van der Waals surface area contributed by atoms with E-state index in [2.05, 4.69) is 0 Å². The zero-order chi connectivity index (χ0) is 20.7. The molecule has 5 atom stereocenters. The molecular formula is C16H22O10S. The van der Waals surface area contributed by atoms with Gasteiger partial charge in [0.15, 0.2) is 28.9 Å². The molecule has 11 heteroatoms. The number of carbonyl (C=O) groups excluding carboxylic acids is 5. The van der Waals surface area contributed by atoms with Gasteiger partial charge in [-0.3, -0.25) is 24.0 Å². The lowest BCUT2D eigenvalue weighted by Gasteiger charge is -2.43. The Morgan fingerprint density at radius 3 is 1.67 bits per heavy atom. The minimum absolute atomic E-state index is 0.327. The summed E-state index contributed by atoms with van der Waals surface area (Å²) in [5.41, 5.74) is -1.07. The van der Waals surface area contributed by atoms with Crippen molar-refractivity contribution in [3.8, 4) is 0 Å². The third-order valence-electron chi connectivity index (χ3n) is 3.23. The van der Waals surface area contributed by atoms with Crippen molar-refractivity contribution in [2.75, 3.05) is 6.61 Å². The molecule has 1 fully saturated rings. The summed E-state index contributed by atoms with van der Waals surface area (Å²) < 4.78 is 26.2. The van der Waals surface area contributed by atoms with Gasteiger partial charge in [-0.05, 0) is 0 Å². The number of thioether (sulfide) groups is 1. The lowest BCUT2D eigenvalue weighted by Crippen LogP contribution is -2.61. The zero-order valence-electron chi connectivity index (χ0n) is 15.6. The monoisotopic (exact) mass is 406 g/mol. The van der Waals surface area contributed by atoms with Crippen molar-refractivity contribution in [2.24, 2.45) is 0 Å². The van der Waals surface area contributed by atoms with Gasteiger partial charge in [0.1, 0.15) is 12.7 Å². The van der Waals surface area contributed by atoms with Crippen LogP contribution >= 0.6 is 11.8 Å². The van der Waals surface area contributed by atoms with Gasteiger partial charge in [0.2, 0.25) is 0 Å². The van der Waals surface area contributed by atoms with Gasteiger partial charge in [-0.15, -0.1) is 0 Å². The Labute approximate surface area is 160 Å². The number of rotatable bonds is 6. The van der Waals surface area contributed by atoms with E-state index in [1.54, 1.807) is 0 Å². The first-order chi connectivity index (χ1) is 12.5. The Balaban J connectivity index is 3.29. The topological polar surface area (TPSA) is 132 Å². The Morgan fingerprint density at radius 2 is 1.22 bits per heavy atom. The molecule has 0 unspecified atom stereocenters. The number of ether oxygens (including phenoxy) is 5. The second-order valence-corrected chi connectivity index (χ2v) is 6.95. The highest BCUT2D eigenvalue weighted by atomic mass is 32.2. The Morgan fingerprint density at radius 1 is 0.741 bits per heavy atom. The second-order valence-electron chi connectivity index (χ2n) is 5.68. The van der Waals surface area contributed by atoms with Crippen molar-refractivity contribution in [3.63, 3.8) is 0 Å². The fourth-order valence-electron chi connectivity index (χ4n) is 2.45. The van der Waals surface area contributed by atoms with Crippen molar-refractivity contribution < 1.29 is 47.7 Å². The van der Waals surface area contributed by atoms with Crippen molar-refractivity contribution in [2.45, 2.75) is 64.5 Å². The highest BCUT2D eigenvalue weighted by Crippen LogP contribution is 2.34. The number of esters is 4. The van der Waals surface area contributed by atoms with Gasteiger partial charge in [0, 0.05) is 34.6 Å². The molecule has 0 saturated carbocycles. The molecule has 0 aliphatic carbocycles. The van der Waals surface area contributed by atoms with E-state index in [1.807, 2.05) is 0 Å². The minimum Gasteiger partial charge on any atom is -0.463 e. The van der Waals surface area contributed by atoms with Crippen LogP contribution in [0, 0.1) is 0 Å². The normalized spacial score (nSPS) is 27.2. The van der Waals surface area contributed by atoms with Gasteiger partial charge < -0.3 is 23.7 Å². The van der Waals surface area contributed by atoms with Crippen LogP contribution in [0.3, 0.4) is 0 Å². The van der Waals surface area contributed by atoms with E-state index in [4.69, 9.17) is 23.7 Å². The van der Waals surface area contributed by atoms with Crippen LogP contribution in [-0.2, 0) is 47.7 Å². The summed E-state index contributed by atoms with van der Waals surface area (Å²) in [5, 5.41) is -0.351. The minimum atomic E-state index is -1.26. The highest BCUT2D eigenvalue weighted by Gasteiger charge is 2.52. The van der Waals surface area contributed by atoms with Crippen LogP contribution in [0.1, 0.15) is 34.6 Å². The summed E-state index contributed by atoms with van der Waals surface area (Å²) in [6.45, 7) is 5.51. The Hall–Kier alpha value is -2.14.